The first kappa shape index (κ1) is 20.0. The summed E-state index contributed by atoms with van der Waals surface area (Å²) in [5.41, 5.74) is 4.41. The first-order chi connectivity index (χ1) is 15.1. The minimum Gasteiger partial charge on any atom is -0.507 e. The largest absolute Gasteiger partial charge is 0.507 e. The van der Waals surface area contributed by atoms with Crippen LogP contribution < -0.4 is 11.0 Å². The molecule has 1 heterocycles. The van der Waals surface area contributed by atoms with Crippen LogP contribution in [-0.2, 0) is 6.42 Å². The van der Waals surface area contributed by atoms with Crippen LogP contribution in [0.5, 0.6) is 5.75 Å². The lowest BCUT2D eigenvalue weighted by Crippen LogP contribution is -2.24. The summed E-state index contributed by atoms with van der Waals surface area (Å²) in [4.78, 5) is 24.8. The van der Waals surface area contributed by atoms with E-state index in [0.29, 0.717) is 34.9 Å². The van der Waals surface area contributed by atoms with E-state index in [1.807, 2.05) is 30.3 Å². The number of fused-ring (bicyclic) bond motifs is 1. The van der Waals surface area contributed by atoms with E-state index in [4.69, 9.17) is 0 Å². The van der Waals surface area contributed by atoms with E-state index in [1.165, 1.54) is 0 Å². The maximum Gasteiger partial charge on any atom is 0.292 e. The molecule has 4 rings (SSSR count). The number of aromatic amines is 1. The molecule has 3 N–H and O–H groups in total. The van der Waals surface area contributed by atoms with Gasteiger partial charge in [0.2, 0.25) is 0 Å². The number of rotatable bonds is 6. The van der Waals surface area contributed by atoms with Crippen molar-refractivity contribution in [2.24, 2.45) is 5.10 Å². The van der Waals surface area contributed by atoms with Gasteiger partial charge in [-0.2, -0.15) is 10.2 Å². The topological polar surface area (TPSA) is 107 Å². The Morgan fingerprint density at radius 3 is 2.39 bits per heavy atom. The second-order valence-electron chi connectivity index (χ2n) is 6.95. The fourth-order valence-corrected chi connectivity index (χ4v) is 3.33. The van der Waals surface area contributed by atoms with Crippen LogP contribution in [0.15, 0.2) is 88.8 Å². The molecule has 0 bridgehead atoms. The highest BCUT2D eigenvalue weighted by atomic mass is 16.3. The van der Waals surface area contributed by atoms with Gasteiger partial charge in [0.25, 0.3) is 11.5 Å². The first-order valence-corrected chi connectivity index (χ1v) is 9.80. The van der Waals surface area contributed by atoms with Gasteiger partial charge >= 0.3 is 0 Å². The van der Waals surface area contributed by atoms with Crippen LogP contribution in [0.25, 0.3) is 10.8 Å². The fourth-order valence-electron chi connectivity index (χ4n) is 3.33. The summed E-state index contributed by atoms with van der Waals surface area (Å²) >= 11 is 0. The molecular weight excluding hydrogens is 392 g/mol. The Labute approximate surface area is 178 Å². The zero-order valence-electron chi connectivity index (χ0n) is 16.6. The number of aromatic hydroxyl groups is 1. The highest BCUT2D eigenvalue weighted by Crippen LogP contribution is 2.19. The molecule has 7 nitrogen and oxygen atoms in total. The molecule has 0 aliphatic heterocycles. The Morgan fingerprint density at radius 1 is 0.935 bits per heavy atom. The van der Waals surface area contributed by atoms with E-state index in [-0.39, 0.29) is 17.0 Å². The van der Waals surface area contributed by atoms with Crippen molar-refractivity contribution in [3.05, 3.63) is 106 Å². The van der Waals surface area contributed by atoms with Crippen molar-refractivity contribution in [1.29, 1.82) is 0 Å². The highest BCUT2D eigenvalue weighted by Gasteiger charge is 2.15. The number of hydrazone groups is 1. The number of hydrogen-bond donors (Lipinski definition) is 3. The van der Waals surface area contributed by atoms with Crippen LogP contribution in [0.4, 0.5) is 0 Å². The highest BCUT2D eigenvalue weighted by molar-refractivity contribution is 6.07. The molecule has 1 aromatic heterocycles. The zero-order chi connectivity index (χ0) is 21.6. The van der Waals surface area contributed by atoms with Crippen molar-refractivity contribution in [1.82, 2.24) is 15.6 Å². The van der Waals surface area contributed by atoms with Crippen LogP contribution in [0, 0.1) is 0 Å². The van der Waals surface area contributed by atoms with Gasteiger partial charge in [0.1, 0.15) is 5.75 Å². The Hall–Kier alpha value is -4.26. The number of aryl methyl sites for hydroxylation is 1. The summed E-state index contributed by atoms with van der Waals surface area (Å²) in [6.45, 7) is 0. The van der Waals surface area contributed by atoms with E-state index in [1.54, 1.807) is 48.5 Å². The molecule has 154 valence electrons. The Balaban J connectivity index is 1.63. The summed E-state index contributed by atoms with van der Waals surface area (Å²) in [5, 5.41) is 21.6. The predicted molar refractivity (Wildman–Crippen MR) is 119 cm³/mol. The summed E-state index contributed by atoms with van der Waals surface area (Å²) in [5.74, 6) is -0.476. The Kier molecular flexibility index (Phi) is 5.84. The lowest BCUT2D eigenvalue weighted by atomic mass is 10.0. The van der Waals surface area contributed by atoms with Gasteiger partial charge in [0.15, 0.2) is 5.69 Å². The quantitative estimate of drug-likeness (QED) is 0.333. The maximum absolute atomic E-state index is 12.8. The van der Waals surface area contributed by atoms with Gasteiger partial charge in [-0.3, -0.25) is 9.59 Å². The second kappa shape index (κ2) is 9.04. The van der Waals surface area contributed by atoms with Gasteiger partial charge < -0.3 is 5.11 Å². The van der Waals surface area contributed by atoms with Crippen LogP contribution in [0.1, 0.15) is 28.0 Å². The fraction of sp³-hybridized carbons (Fsp3) is 0.0833. The molecule has 0 spiro atoms. The van der Waals surface area contributed by atoms with Crippen molar-refractivity contribution >= 4 is 22.4 Å². The van der Waals surface area contributed by atoms with Crippen LogP contribution in [0.3, 0.4) is 0 Å². The number of phenolic OH excluding ortho intramolecular Hbond substituents is 1. The summed E-state index contributed by atoms with van der Waals surface area (Å²) in [7, 11) is 0. The maximum atomic E-state index is 12.8. The van der Waals surface area contributed by atoms with Crippen molar-refractivity contribution in [2.75, 3.05) is 0 Å². The van der Waals surface area contributed by atoms with Gasteiger partial charge in [0, 0.05) is 10.9 Å². The van der Waals surface area contributed by atoms with E-state index >= 15 is 0 Å². The number of H-pyrrole nitrogens is 1. The van der Waals surface area contributed by atoms with Gasteiger partial charge in [-0.15, -0.1) is 0 Å². The minimum atomic E-state index is -0.555. The predicted octanol–water partition coefficient (Wildman–Crippen LogP) is 3.40. The lowest BCUT2D eigenvalue weighted by molar-refractivity contribution is 0.0950. The number of carbonyl (C=O) groups excluding carboxylic acids is 1. The molecule has 3 aromatic carbocycles. The monoisotopic (exact) mass is 412 g/mol. The molecule has 31 heavy (non-hydrogen) atoms. The third-order valence-corrected chi connectivity index (χ3v) is 4.91. The number of phenols is 1. The third-order valence-electron chi connectivity index (χ3n) is 4.91. The van der Waals surface area contributed by atoms with Gasteiger partial charge in [-0.1, -0.05) is 60.7 Å². The smallest absolute Gasteiger partial charge is 0.292 e. The molecule has 0 unspecified atom stereocenters. The Bertz CT molecular complexity index is 1310. The molecule has 0 saturated heterocycles. The minimum absolute atomic E-state index is 0.0682. The molecule has 0 saturated carbocycles. The molecule has 4 aromatic rings. The summed E-state index contributed by atoms with van der Waals surface area (Å²) in [6.07, 6.45) is 1.19. The second-order valence-corrected chi connectivity index (χ2v) is 6.95. The van der Waals surface area contributed by atoms with E-state index < -0.39 is 5.91 Å². The molecule has 1 amide bonds. The SMILES string of the molecule is O=C(N/N=C(\CCc1ccccc1)c1ccccc1O)c1n[nH]c(=O)c2ccccc12. The number of para-hydroxylation sites is 1. The van der Waals surface area contributed by atoms with Gasteiger partial charge in [-0.25, -0.2) is 10.5 Å². The molecule has 0 aliphatic rings. The van der Waals surface area contributed by atoms with Crippen molar-refractivity contribution < 1.29 is 9.90 Å². The van der Waals surface area contributed by atoms with Gasteiger partial charge in [-0.05, 0) is 36.6 Å². The van der Waals surface area contributed by atoms with Crippen LogP contribution in [-0.4, -0.2) is 26.9 Å². The molecule has 0 aliphatic carbocycles. The van der Waals surface area contributed by atoms with Crippen molar-refractivity contribution in [3.63, 3.8) is 0 Å². The van der Waals surface area contributed by atoms with Crippen molar-refractivity contribution in [3.8, 4) is 5.75 Å². The first-order valence-electron chi connectivity index (χ1n) is 9.80. The van der Waals surface area contributed by atoms with Crippen molar-refractivity contribution in [2.45, 2.75) is 12.8 Å². The molecule has 0 fully saturated rings. The lowest BCUT2D eigenvalue weighted by Gasteiger charge is -2.10. The van der Waals surface area contributed by atoms with Crippen LogP contribution >= 0.6 is 0 Å². The average Bonchev–Trinajstić information content (AvgIpc) is 2.81. The molecule has 0 atom stereocenters. The average molecular weight is 412 g/mol. The summed E-state index contributed by atoms with van der Waals surface area (Å²) < 4.78 is 0. The number of aromatic nitrogens is 2. The van der Waals surface area contributed by atoms with E-state index in [2.05, 4.69) is 20.7 Å². The van der Waals surface area contributed by atoms with Crippen LogP contribution in [0.2, 0.25) is 0 Å². The zero-order valence-corrected chi connectivity index (χ0v) is 16.6. The Morgan fingerprint density at radius 2 is 1.61 bits per heavy atom. The van der Waals surface area contributed by atoms with Gasteiger partial charge in [0.05, 0.1) is 11.1 Å². The number of carbonyl (C=O) groups is 1. The molecular formula is C24H20N4O3. The molecule has 0 radical (unpaired) electrons. The number of nitrogens with zero attached hydrogens (tertiary/aromatic N) is 2. The number of amides is 1. The number of nitrogens with one attached hydrogen (secondary N) is 2. The van der Waals surface area contributed by atoms with E-state index in [0.717, 1.165) is 5.56 Å². The number of hydrogen-bond acceptors (Lipinski definition) is 5. The molecule has 7 heteroatoms. The third kappa shape index (κ3) is 4.51. The normalized spacial score (nSPS) is 11.4. The standard InChI is InChI=1S/C24H20N4O3/c29-21-13-7-6-12-19(21)20(15-14-16-8-2-1-3-9-16)25-28-24(31)22-17-10-4-5-11-18(17)23(30)27-26-22/h1-13,29H,14-15H2,(H,27,30)(H,28,31)/b25-20+. The summed E-state index contributed by atoms with van der Waals surface area (Å²) in [6, 6.07) is 23.5. The number of benzene rings is 3. The van der Waals surface area contributed by atoms with E-state index in [9.17, 15) is 14.7 Å².